The van der Waals surface area contributed by atoms with Gasteiger partial charge in [-0.3, -0.25) is 4.79 Å². The van der Waals surface area contributed by atoms with E-state index in [1.165, 1.54) is 6.07 Å². The molecule has 0 fully saturated rings. The first-order chi connectivity index (χ1) is 9.72. The molecule has 0 unspecified atom stereocenters. The topological polar surface area (TPSA) is 142 Å². The highest BCUT2D eigenvalue weighted by Gasteiger charge is 2.23. The molecule has 0 atom stereocenters. The van der Waals surface area contributed by atoms with Crippen molar-refractivity contribution in [1.82, 2.24) is 0 Å². The number of carbonyl (C=O) groups excluding carboxylic acids is 1. The Hall–Kier alpha value is -1.93. The van der Waals surface area contributed by atoms with Crippen molar-refractivity contribution in [3.63, 3.8) is 0 Å². The summed E-state index contributed by atoms with van der Waals surface area (Å²) in [6, 6.07) is 3.12. The third-order valence-corrected chi connectivity index (χ3v) is 4.04. The fourth-order valence-electron chi connectivity index (χ4n) is 2.23. The minimum atomic E-state index is -3.95. The number of nitrogens with two attached hydrogens (primary N) is 3. The van der Waals surface area contributed by atoms with E-state index < -0.39 is 15.9 Å². The molecule has 0 radical (unpaired) electrons. The van der Waals surface area contributed by atoms with Crippen LogP contribution in [0, 0.1) is 0 Å². The van der Waals surface area contributed by atoms with Gasteiger partial charge in [0.05, 0.1) is 4.90 Å². The highest BCUT2D eigenvalue weighted by molar-refractivity contribution is 7.89. The van der Waals surface area contributed by atoms with E-state index in [4.69, 9.17) is 16.6 Å². The molecule has 0 aliphatic rings. The Kier molecular flexibility index (Phi) is 5.45. The van der Waals surface area contributed by atoms with E-state index in [1.54, 1.807) is 13.0 Å². The smallest absolute Gasteiger partial charge is 0.280 e. The summed E-state index contributed by atoms with van der Waals surface area (Å²) in [6.07, 6.45) is 1.63. The van der Waals surface area contributed by atoms with Crippen LogP contribution in [0.4, 0.5) is 0 Å². The lowest BCUT2D eigenvalue weighted by atomic mass is 9.99. The molecule has 0 bridgehead atoms. The predicted octanol–water partition coefficient (Wildman–Crippen LogP) is 0.263. The molecule has 0 spiro atoms. The average molecular weight is 312 g/mol. The minimum absolute atomic E-state index is 0.00323. The first-order valence-corrected chi connectivity index (χ1v) is 8.08. The molecule has 0 heterocycles. The summed E-state index contributed by atoms with van der Waals surface area (Å²) >= 11 is 0. The highest BCUT2D eigenvalue weighted by atomic mass is 32.2. The summed E-state index contributed by atoms with van der Waals surface area (Å²) in [5.41, 5.74) is 11.5. The number of aryl methyl sites for hydroxylation is 1. The van der Waals surface area contributed by atoms with Crippen LogP contribution in [0.3, 0.4) is 0 Å². The SMILES string of the molecule is CCCc1ccc(C(=O)N=C(N)N)c(CC)c1S(N)(=O)=O. The van der Waals surface area contributed by atoms with Crippen molar-refractivity contribution in [2.45, 2.75) is 38.0 Å². The van der Waals surface area contributed by atoms with E-state index in [-0.39, 0.29) is 16.4 Å². The normalized spacial score (nSPS) is 11.2. The molecule has 1 rings (SSSR count). The number of primary sulfonamides is 1. The van der Waals surface area contributed by atoms with Crippen LogP contribution in [0.2, 0.25) is 0 Å². The van der Waals surface area contributed by atoms with Crippen molar-refractivity contribution in [3.8, 4) is 0 Å². The van der Waals surface area contributed by atoms with Crippen LogP contribution in [-0.2, 0) is 22.9 Å². The van der Waals surface area contributed by atoms with Crippen molar-refractivity contribution in [2.24, 2.45) is 21.6 Å². The molecule has 0 aliphatic carbocycles. The Morgan fingerprint density at radius 2 is 1.86 bits per heavy atom. The Bertz CT molecular complexity index is 677. The Morgan fingerprint density at radius 1 is 1.24 bits per heavy atom. The second-order valence-electron chi connectivity index (χ2n) is 4.57. The number of guanidine groups is 1. The minimum Gasteiger partial charge on any atom is -0.370 e. The number of sulfonamides is 1. The van der Waals surface area contributed by atoms with E-state index in [9.17, 15) is 13.2 Å². The summed E-state index contributed by atoms with van der Waals surface area (Å²) in [5, 5.41) is 5.31. The van der Waals surface area contributed by atoms with Gasteiger partial charge in [0, 0.05) is 5.56 Å². The maximum absolute atomic E-state index is 12.0. The largest absolute Gasteiger partial charge is 0.370 e. The van der Waals surface area contributed by atoms with E-state index in [0.717, 1.165) is 6.42 Å². The highest BCUT2D eigenvalue weighted by Crippen LogP contribution is 2.26. The number of amides is 1. The van der Waals surface area contributed by atoms with Gasteiger partial charge >= 0.3 is 0 Å². The average Bonchev–Trinajstić information content (AvgIpc) is 2.36. The van der Waals surface area contributed by atoms with Gasteiger partial charge in [0.2, 0.25) is 10.0 Å². The lowest BCUT2D eigenvalue weighted by Gasteiger charge is -2.14. The van der Waals surface area contributed by atoms with Gasteiger partial charge < -0.3 is 11.5 Å². The van der Waals surface area contributed by atoms with Crippen LogP contribution in [0.15, 0.2) is 22.0 Å². The molecule has 0 aromatic heterocycles. The molecular formula is C13H20N4O3S. The second kappa shape index (κ2) is 6.68. The molecule has 7 nitrogen and oxygen atoms in total. The molecule has 1 aromatic rings. The quantitative estimate of drug-likeness (QED) is 0.528. The lowest BCUT2D eigenvalue weighted by Crippen LogP contribution is -2.25. The zero-order valence-electron chi connectivity index (χ0n) is 12.1. The molecule has 0 saturated carbocycles. The first-order valence-electron chi connectivity index (χ1n) is 6.53. The van der Waals surface area contributed by atoms with Crippen LogP contribution >= 0.6 is 0 Å². The lowest BCUT2D eigenvalue weighted by molar-refractivity contribution is 0.100. The van der Waals surface area contributed by atoms with Gasteiger partial charge in [0.1, 0.15) is 0 Å². The third-order valence-electron chi connectivity index (χ3n) is 2.96. The Balaban J connectivity index is 3.65. The second-order valence-corrected chi connectivity index (χ2v) is 6.07. The molecule has 0 saturated heterocycles. The van der Waals surface area contributed by atoms with Crippen LogP contribution < -0.4 is 16.6 Å². The van der Waals surface area contributed by atoms with Crippen LogP contribution in [0.25, 0.3) is 0 Å². The standard InChI is InChI=1S/C13H20N4O3S/c1-3-5-8-6-7-10(12(18)17-13(14)15)9(4-2)11(8)21(16,19)20/h6-7H,3-5H2,1-2H3,(H2,16,19,20)(H4,14,15,17,18). The van der Waals surface area contributed by atoms with E-state index in [1.807, 2.05) is 6.92 Å². The van der Waals surface area contributed by atoms with Gasteiger partial charge in [-0.25, -0.2) is 13.6 Å². The predicted molar refractivity (Wildman–Crippen MR) is 81.3 cm³/mol. The van der Waals surface area contributed by atoms with Gasteiger partial charge in [0.15, 0.2) is 5.96 Å². The van der Waals surface area contributed by atoms with Gasteiger partial charge in [-0.2, -0.15) is 4.99 Å². The van der Waals surface area contributed by atoms with Gasteiger partial charge in [-0.1, -0.05) is 26.3 Å². The van der Waals surface area contributed by atoms with Crippen molar-refractivity contribution in [2.75, 3.05) is 0 Å². The summed E-state index contributed by atoms with van der Waals surface area (Å²) in [7, 11) is -3.95. The maximum Gasteiger partial charge on any atom is 0.280 e. The van der Waals surface area contributed by atoms with Crippen molar-refractivity contribution in [3.05, 3.63) is 28.8 Å². The van der Waals surface area contributed by atoms with E-state index in [0.29, 0.717) is 24.0 Å². The molecule has 21 heavy (non-hydrogen) atoms. The summed E-state index contributed by atoms with van der Waals surface area (Å²) in [4.78, 5) is 15.5. The van der Waals surface area contributed by atoms with E-state index in [2.05, 4.69) is 4.99 Å². The number of aliphatic imine (C=N–C) groups is 1. The summed E-state index contributed by atoms with van der Waals surface area (Å²) in [5.74, 6) is -1.06. The van der Waals surface area contributed by atoms with Crippen molar-refractivity contribution in [1.29, 1.82) is 0 Å². The zero-order valence-corrected chi connectivity index (χ0v) is 12.9. The number of hydrogen-bond acceptors (Lipinski definition) is 3. The Morgan fingerprint density at radius 3 is 2.29 bits per heavy atom. The number of hydrogen-bond donors (Lipinski definition) is 3. The molecular weight excluding hydrogens is 292 g/mol. The van der Waals surface area contributed by atoms with Gasteiger partial charge in [0.25, 0.3) is 5.91 Å². The van der Waals surface area contributed by atoms with Crippen LogP contribution in [0.5, 0.6) is 0 Å². The number of carbonyl (C=O) groups is 1. The Labute approximate surface area is 124 Å². The van der Waals surface area contributed by atoms with Gasteiger partial charge in [-0.15, -0.1) is 0 Å². The fourth-order valence-corrected chi connectivity index (χ4v) is 3.36. The number of benzene rings is 1. The molecule has 0 aliphatic heterocycles. The maximum atomic E-state index is 12.0. The molecule has 8 heteroatoms. The van der Waals surface area contributed by atoms with Crippen LogP contribution in [0.1, 0.15) is 41.8 Å². The van der Waals surface area contributed by atoms with Crippen molar-refractivity contribution >= 4 is 21.9 Å². The molecule has 6 N–H and O–H groups in total. The monoisotopic (exact) mass is 312 g/mol. The summed E-state index contributed by atoms with van der Waals surface area (Å²) in [6.45, 7) is 3.67. The van der Waals surface area contributed by atoms with Crippen molar-refractivity contribution < 1.29 is 13.2 Å². The molecule has 1 amide bonds. The first kappa shape index (κ1) is 17.1. The number of nitrogens with zero attached hydrogens (tertiary/aromatic N) is 1. The number of rotatable bonds is 5. The molecule has 1 aromatic carbocycles. The fraction of sp³-hybridized carbons (Fsp3) is 0.385. The van der Waals surface area contributed by atoms with Gasteiger partial charge in [-0.05, 0) is 30.0 Å². The third kappa shape index (κ3) is 4.02. The molecule has 116 valence electrons. The zero-order chi connectivity index (χ0) is 16.2. The van der Waals surface area contributed by atoms with E-state index >= 15 is 0 Å². The summed E-state index contributed by atoms with van der Waals surface area (Å²) < 4.78 is 23.8. The van der Waals surface area contributed by atoms with Crippen LogP contribution in [-0.4, -0.2) is 20.3 Å².